The van der Waals surface area contributed by atoms with E-state index >= 15 is 0 Å². The van der Waals surface area contributed by atoms with Crippen molar-refractivity contribution in [2.45, 2.75) is 50.5 Å². The molecule has 1 aromatic carbocycles. The molecule has 1 aliphatic heterocycles. The van der Waals surface area contributed by atoms with E-state index in [4.69, 9.17) is 14.2 Å². The van der Waals surface area contributed by atoms with Crippen molar-refractivity contribution in [3.8, 4) is 11.5 Å². The van der Waals surface area contributed by atoms with Crippen LogP contribution in [-0.4, -0.2) is 52.0 Å². The van der Waals surface area contributed by atoms with Crippen molar-refractivity contribution in [3.05, 3.63) is 23.8 Å². The zero-order valence-corrected chi connectivity index (χ0v) is 17.1. The highest BCUT2D eigenvalue weighted by Gasteiger charge is 2.36. The maximum absolute atomic E-state index is 5.81. The Morgan fingerprint density at radius 3 is 2.52 bits per heavy atom. The van der Waals surface area contributed by atoms with E-state index in [0.29, 0.717) is 19.8 Å². The Morgan fingerprint density at radius 2 is 1.85 bits per heavy atom. The van der Waals surface area contributed by atoms with Crippen molar-refractivity contribution in [3.63, 3.8) is 0 Å². The fraction of sp³-hybridized carbons (Fsp3) is 0.667. The first-order valence-corrected chi connectivity index (χ1v) is 9.88. The van der Waals surface area contributed by atoms with E-state index in [2.05, 4.69) is 47.7 Å². The summed E-state index contributed by atoms with van der Waals surface area (Å²) in [6.45, 7) is 6.90. The average Bonchev–Trinajstić information content (AvgIpc) is 3.18. The summed E-state index contributed by atoms with van der Waals surface area (Å²) in [5.41, 5.74) is 1.19. The van der Waals surface area contributed by atoms with Gasteiger partial charge in [0.25, 0.3) is 0 Å². The summed E-state index contributed by atoms with van der Waals surface area (Å²) in [5, 5.41) is 6.91. The summed E-state index contributed by atoms with van der Waals surface area (Å²) >= 11 is 0. The van der Waals surface area contributed by atoms with E-state index in [-0.39, 0.29) is 11.0 Å². The number of ether oxygens (including phenoxy) is 3. The quantitative estimate of drug-likeness (QED) is 0.591. The molecule has 6 heteroatoms. The third kappa shape index (κ3) is 4.67. The van der Waals surface area contributed by atoms with Crippen molar-refractivity contribution in [2.75, 3.05) is 40.5 Å². The van der Waals surface area contributed by atoms with Crippen molar-refractivity contribution >= 4 is 5.96 Å². The van der Waals surface area contributed by atoms with Gasteiger partial charge in [-0.2, -0.15) is 0 Å². The lowest BCUT2D eigenvalue weighted by molar-refractivity contribution is 0.0268. The lowest BCUT2D eigenvalue weighted by Gasteiger charge is -2.32. The minimum Gasteiger partial charge on any atom is -0.486 e. The van der Waals surface area contributed by atoms with Gasteiger partial charge in [-0.25, -0.2) is 0 Å². The molecule has 0 amide bonds. The minimum atomic E-state index is -0.238. The number of hydrogen-bond donors (Lipinski definition) is 2. The van der Waals surface area contributed by atoms with Crippen LogP contribution < -0.4 is 20.1 Å². The molecule has 0 spiro atoms. The lowest BCUT2D eigenvalue weighted by Crippen LogP contribution is -2.48. The van der Waals surface area contributed by atoms with E-state index in [0.717, 1.165) is 24.0 Å². The molecule has 1 saturated carbocycles. The number of guanidine groups is 1. The van der Waals surface area contributed by atoms with Gasteiger partial charge in [-0.05, 0) is 44.4 Å². The Labute approximate surface area is 162 Å². The summed E-state index contributed by atoms with van der Waals surface area (Å²) < 4.78 is 17.0. The first-order valence-electron chi connectivity index (χ1n) is 9.88. The van der Waals surface area contributed by atoms with Gasteiger partial charge in [0.1, 0.15) is 13.2 Å². The summed E-state index contributed by atoms with van der Waals surface area (Å²) in [6, 6.07) is 6.43. The van der Waals surface area contributed by atoms with Crippen LogP contribution in [0.5, 0.6) is 11.5 Å². The van der Waals surface area contributed by atoms with Gasteiger partial charge in [-0.1, -0.05) is 18.9 Å². The summed E-state index contributed by atoms with van der Waals surface area (Å²) in [6.07, 6.45) is 4.83. The largest absolute Gasteiger partial charge is 0.486 e. The summed E-state index contributed by atoms with van der Waals surface area (Å²) in [5.74, 6) is 2.53. The second-order valence-electron chi connectivity index (χ2n) is 8.09. The van der Waals surface area contributed by atoms with Crippen LogP contribution in [0.15, 0.2) is 23.2 Å². The number of aliphatic imine (C=N–C) groups is 1. The maximum atomic E-state index is 5.81. The third-order valence-corrected chi connectivity index (χ3v) is 5.77. The normalized spacial score (nSPS) is 19.0. The molecule has 0 unspecified atom stereocenters. The summed E-state index contributed by atoms with van der Waals surface area (Å²) in [7, 11) is 3.54. The molecule has 0 bridgehead atoms. The first-order chi connectivity index (χ1) is 13.0. The molecular weight excluding hydrogens is 342 g/mol. The van der Waals surface area contributed by atoms with Crippen molar-refractivity contribution in [2.24, 2.45) is 4.99 Å². The predicted octanol–water partition coefficient (Wildman–Crippen LogP) is 2.86. The molecule has 1 fully saturated rings. The minimum absolute atomic E-state index is 0.101. The van der Waals surface area contributed by atoms with Crippen LogP contribution in [0.1, 0.15) is 45.1 Å². The van der Waals surface area contributed by atoms with Gasteiger partial charge in [0, 0.05) is 32.7 Å². The second kappa shape index (κ2) is 8.38. The second-order valence-corrected chi connectivity index (χ2v) is 8.09. The third-order valence-electron chi connectivity index (χ3n) is 5.77. The molecule has 150 valence electrons. The standard InChI is InChI=1S/C21H33N3O3/c1-20(2,25-4)14-23-19(22-3)24-15-21(9-5-6-10-21)16-7-8-17-18(13-16)27-12-11-26-17/h7-8,13H,5-6,9-12,14-15H2,1-4H3,(H2,22,23,24). The molecule has 2 aliphatic rings. The maximum Gasteiger partial charge on any atom is 0.191 e. The molecule has 1 aliphatic carbocycles. The molecule has 0 atom stereocenters. The number of benzene rings is 1. The van der Waals surface area contributed by atoms with Crippen LogP contribution in [0.2, 0.25) is 0 Å². The Bertz CT molecular complexity index is 667. The highest BCUT2D eigenvalue weighted by Crippen LogP contribution is 2.43. The summed E-state index contributed by atoms with van der Waals surface area (Å²) in [4.78, 5) is 4.38. The molecule has 1 heterocycles. The van der Waals surface area contributed by atoms with Crippen LogP contribution >= 0.6 is 0 Å². The van der Waals surface area contributed by atoms with Gasteiger partial charge in [-0.15, -0.1) is 0 Å². The van der Waals surface area contributed by atoms with Gasteiger partial charge < -0.3 is 24.8 Å². The zero-order chi connectivity index (χ0) is 19.3. The molecule has 2 N–H and O–H groups in total. The molecule has 0 saturated heterocycles. The van der Waals surface area contributed by atoms with Crippen molar-refractivity contribution in [1.29, 1.82) is 0 Å². The Hall–Kier alpha value is -1.95. The molecule has 27 heavy (non-hydrogen) atoms. The van der Waals surface area contributed by atoms with Gasteiger partial charge in [0.05, 0.1) is 5.60 Å². The Balaban J connectivity index is 1.70. The molecule has 3 rings (SSSR count). The zero-order valence-electron chi connectivity index (χ0n) is 17.1. The smallest absolute Gasteiger partial charge is 0.191 e. The lowest BCUT2D eigenvalue weighted by atomic mass is 9.78. The highest BCUT2D eigenvalue weighted by atomic mass is 16.6. The van der Waals surface area contributed by atoms with Crippen LogP contribution in [0.4, 0.5) is 0 Å². The fourth-order valence-electron chi connectivity index (χ4n) is 3.83. The SMILES string of the molecule is CN=C(NCC(C)(C)OC)NCC1(c2ccc3c(c2)OCCO3)CCCC1. The van der Waals surface area contributed by atoms with Gasteiger partial charge in [-0.3, -0.25) is 4.99 Å². The van der Waals surface area contributed by atoms with Crippen molar-refractivity contribution < 1.29 is 14.2 Å². The monoisotopic (exact) mass is 375 g/mol. The van der Waals surface area contributed by atoms with E-state index in [1.807, 2.05) is 0 Å². The van der Waals surface area contributed by atoms with Gasteiger partial charge in [0.15, 0.2) is 17.5 Å². The van der Waals surface area contributed by atoms with Crippen molar-refractivity contribution in [1.82, 2.24) is 10.6 Å². The fourth-order valence-corrected chi connectivity index (χ4v) is 3.83. The van der Waals surface area contributed by atoms with Crippen LogP contribution in [-0.2, 0) is 10.2 Å². The topological polar surface area (TPSA) is 64.1 Å². The van der Waals surface area contributed by atoms with E-state index in [1.54, 1.807) is 14.2 Å². The molecule has 0 radical (unpaired) electrons. The van der Waals surface area contributed by atoms with Crippen LogP contribution in [0.3, 0.4) is 0 Å². The number of hydrogen-bond acceptors (Lipinski definition) is 4. The van der Waals surface area contributed by atoms with Crippen LogP contribution in [0.25, 0.3) is 0 Å². The number of fused-ring (bicyclic) bond motifs is 1. The van der Waals surface area contributed by atoms with Gasteiger partial charge in [0.2, 0.25) is 0 Å². The van der Waals surface area contributed by atoms with Gasteiger partial charge >= 0.3 is 0 Å². The Kier molecular flexibility index (Phi) is 6.15. The molecule has 6 nitrogen and oxygen atoms in total. The number of nitrogens with zero attached hydrogens (tertiary/aromatic N) is 1. The number of rotatable bonds is 6. The average molecular weight is 376 g/mol. The van der Waals surface area contributed by atoms with E-state index in [1.165, 1.54) is 31.2 Å². The predicted molar refractivity (Wildman–Crippen MR) is 108 cm³/mol. The first kappa shape index (κ1) is 19.8. The van der Waals surface area contributed by atoms with E-state index < -0.39 is 0 Å². The van der Waals surface area contributed by atoms with Crippen LogP contribution in [0, 0.1) is 0 Å². The highest BCUT2D eigenvalue weighted by molar-refractivity contribution is 5.79. The molecule has 0 aromatic heterocycles. The Morgan fingerprint density at radius 1 is 1.15 bits per heavy atom. The molecular formula is C21H33N3O3. The number of nitrogens with one attached hydrogen (secondary N) is 2. The molecule has 1 aromatic rings. The number of methoxy groups -OCH3 is 1. The van der Waals surface area contributed by atoms with E-state index in [9.17, 15) is 0 Å².